The minimum Gasteiger partial charge on any atom is -0.484 e. The van der Waals surface area contributed by atoms with Crippen molar-refractivity contribution in [3.8, 4) is 5.75 Å². The second-order valence-corrected chi connectivity index (χ2v) is 7.37. The summed E-state index contributed by atoms with van der Waals surface area (Å²) in [7, 11) is -0.672. The maximum atomic E-state index is 13.1. The Bertz CT molecular complexity index is 870. The lowest BCUT2D eigenvalue weighted by atomic mass is 10.3. The van der Waals surface area contributed by atoms with Crippen LogP contribution in [0.3, 0.4) is 0 Å². The third kappa shape index (κ3) is 5.07. The first-order valence-electron chi connectivity index (χ1n) is 7.10. The average Bonchev–Trinajstić information content (AvgIpc) is 2.55. The lowest BCUT2D eigenvalue weighted by molar-refractivity contribution is -0.130. The second-order valence-electron chi connectivity index (χ2n) is 5.28. The molecule has 1 amide bonds. The number of ether oxygens (including phenoxy) is 1. The van der Waals surface area contributed by atoms with E-state index in [1.165, 1.54) is 29.2 Å². The number of nitrogens with zero attached hydrogens (tertiary/aromatic N) is 1. The highest BCUT2D eigenvalue weighted by molar-refractivity contribution is 7.92. The highest BCUT2D eigenvalue weighted by Crippen LogP contribution is 2.23. The molecule has 0 bridgehead atoms. The van der Waals surface area contributed by atoms with Crippen molar-refractivity contribution in [3.63, 3.8) is 0 Å². The van der Waals surface area contributed by atoms with Crippen molar-refractivity contribution in [1.82, 2.24) is 4.90 Å². The second kappa shape index (κ2) is 7.71. The molecule has 2 aromatic carbocycles. The Balaban J connectivity index is 2.07. The summed E-state index contributed by atoms with van der Waals surface area (Å²) < 4.78 is 45.3. The minimum absolute atomic E-state index is 0.119. The zero-order valence-electron chi connectivity index (χ0n) is 13.5. The summed E-state index contributed by atoms with van der Waals surface area (Å²) >= 11 is 5.61. The number of halogens is 2. The molecule has 0 heterocycles. The summed E-state index contributed by atoms with van der Waals surface area (Å²) in [4.78, 5) is 12.7. The fourth-order valence-corrected chi connectivity index (χ4v) is 3.08. The summed E-state index contributed by atoms with van der Waals surface area (Å²) in [6, 6.07) is 9.15. The number of benzene rings is 2. The van der Waals surface area contributed by atoms with Gasteiger partial charge in [-0.1, -0.05) is 11.6 Å². The van der Waals surface area contributed by atoms with Crippen LogP contribution < -0.4 is 9.46 Å². The number of rotatable bonds is 6. The molecule has 1 N–H and O–H groups in total. The van der Waals surface area contributed by atoms with E-state index in [2.05, 4.69) is 4.72 Å². The van der Waals surface area contributed by atoms with Gasteiger partial charge in [0.15, 0.2) is 6.61 Å². The Morgan fingerprint density at radius 2 is 1.84 bits per heavy atom. The molecule has 9 heteroatoms. The van der Waals surface area contributed by atoms with Crippen molar-refractivity contribution in [3.05, 3.63) is 53.3 Å². The first-order valence-corrected chi connectivity index (χ1v) is 8.96. The molecule has 0 aliphatic carbocycles. The van der Waals surface area contributed by atoms with E-state index in [1.807, 2.05) is 0 Å². The zero-order chi connectivity index (χ0) is 18.6. The summed E-state index contributed by atoms with van der Waals surface area (Å²) in [5, 5.41) is -0.280. The SMILES string of the molecule is CN(C)C(=O)COc1ccc(NS(=O)(=O)c2ccc(F)c(Cl)c2)cc1. The van der Waals surface area contributed by atoms with Crippen molar-refractivity contribution >= 4 is 33.2 Å². The van der Waals surface area contributed by atoms with Gasteiger partial charge in [-0.25, -0.2) is 12.8 Å². The minimum atomic E-state index is -3.91. The number of likely N-dealkylation sites (N-methyl/N-ethyl adjacent to an activating group) is 1. The van der Waals surface area contributed by atoms with Gasteiger partial charge in [0.05, 0.1) is 9.92 Å². The highest BCUT2D eigenvalue weighted by Gasteiger charge is 2.16. The smallest absolute Gasteiger partial charge is 0.261 e. The molecule has 0 aliphatic rings. The van der Waals surface area contributed by atoms with Crippen molar-refractivity contribution in [1.29, 1.82) is 0 Å². The number of hydrogen-bond donors (Lipinski definition) is 1. The van der Waals surface area contributed by atoms with E-state index in [-0.39, 0.29) is 28.1 Å². The van der Waals surface area contributed by atoms with Gasteiger partial charge in [0, 0.05) is 19.8 Å². The number of anilines is 1. The Morgan fingerprint density at radius 1 is 1.20 bits per heavy atom. The fraction of sp³-hybridized carbons (Fsp3) is 0.188. The van der Waals surface area contributed by atoms with E-state index in [0.717, 1.165) is 18.2 Å². The highest BCUT2D eigenvalue weighted by atomic mass is 35.5. The topological polar surface area (TPSA) is 75.7 Å². The van der Waals surface area contributed by atoms with Gasteiger partial charge in [-0.2, -0.15) is 0 Å². The number of carbonyl (C=O) groups excluding carboxylic acids is 1. The van der Waals surface area contributed by atoms with Crippen LogP contribution in [0.1, 0.15) is 0 Å². The van der Waals surface area contributed by atoms with E-state index in [1.54, 1.807) is 14.1 Å². The van der Waals surface area contributed by atoms with Crippen LogP contribution in [0.5, 0.6) is 5.75 Å². The van der Waals surface area contributed by atoms with Crippen molar-refractivity contribution in [2.75, 3.05) is 25.4 Å². The molecular weight excluding hydrogens is 371 g/mol. The molecule has 6 nitrogen and oxygen atoms in total. The van der Waals surface area contributed by atoms with Gasteiger partial charge < -0.3 is 9.64 Å². The van der Waals surface area contributed by atoms with Crippen LogP contribution in [-0.4, -0.2) is 39.9 Å². The predicted molar refractivity (Wildman–Crippen MR) is 92.8 cm³/mol. The molecule has 2 aromatic rings. The molecule has 0 atom stereocenters. The van der Waals surface area contributed by atoms with Gasteiger partial charge >= 0.3 is 0 Å². The molecule has 0 saturated heterocycles. The zero-order valence-corrected chi connectivity index (χ0v) is 15.1. The van der Waals surface area contributed by atoms with Gasteiger partial charge in [-0.3, -0.25) is 9.52 Å². The maximum absolute atomic E-state index is 13.1. The number of hydrogen-bond acceptors (Lipinski definition) is 4. The number of amides is 1. The van der Waals surface area contributed by atoms with Crippen molar-refractivity contribution < 1.29 is 22.3 Å². The summed E-state index contributed by atoms with van der Waals surface area (Å²) in [5.41, 5.74) is 0.284. The number of nitrogens with one attached hydrogen (secondary N) is 1. The van der Waals surface area contributed by atoms with Crippen molar-refractivity contribution in [2.45, 2.75) is 4.90 Å². The van der Waals surface area contributed by atoms with E-state index in [0.29, 0.717) is 5.75 Å². The van der Waals surface area contributed by atoms with Crippen LogP contribution >= 0.6 is 11.6 Å². The normalized spacial score (nSPS) is 11.0. The van der Waals surface area contributed by atoms with Gasteiger partial charge in [-0.05, 0) is 42.5 Å². The standard InChI is InChI=1S/C16H16ClFN2O4S/c1-20(2)16(21)10-24-12-5-3-11(4-6-12)19-25(22,23)13-7-8-15(18)14(17)9-13/h3-9,19H,10H2,1-2H3. The number of sulfonamides is 1. The van der Waals surface area contributed by atoms with E-state index < -0.39 is 15.8 Å². The predicted octanol–water partition coefficient (Wildman–Crippen LogP) is 2.75. The molecule has 0 spiro atoms. The van der Waals surface area contributed by atoms with Gasteiger partial charge in [-0.15, -0.1) is 0 Å². The Morgan fingerprint density at radius 3 is 2.40 bits per heavy atom. The Kier molecular flexibility index (Phi) is 5.86. The van der Waals surface area contributed by atoms with Crippen LogP contribution in [0, 0.1) is 5.82 Å². The molecule has 0 radical (unpaired) electrons. The molecule has 0 aromatic heterocycles. The van der Waals surface area contributed by atoms with E-state index in [9.17, 15) is 17.6 Å². The molecular formula is C16H16ClFN2O4S. The maximum Gasteiger partial charge on any atom is 0.261 e. The van der Waals surface area contributed by atoms with Gasteiger partial charge in [0.1, 0.15) is 11.6 Å². The van der Waals surface area contributed by atoms with Crippen LogP contribution in [0.25, 0.3) is 0 Å². The molecule has 0 aliphatic heterocycles. The summed E-state index contributed by atoms with van der Waals surface area (Å²) in [6.45, 7) is -0.119. The van der Waals surface area contributed by atoms with Crippen LogP contribution in [0.2, 0.25) is 5.02 Å². The third-order valence-corrected chi connectivity index (χ3v) is 4.84. The Labute approximate surface area is 150 Å². The molecule has 2 rings (SSSR count). The quantitative estimate of drug-likeness (QED) is 0.828. The van der Waals surface area contributed by atoms with Crippen molar-refractivity contribution in [2.24, 2.45) is 0 Å². The lowest BCUT2D eigenvalue weighted by Gasteiger charge is -2.12. The molecule has 0 unspecified atom stereocenters. The molecule has 0 saturated carbocycles. The molecule has 25 heavy (non-hydrogen) atoms. The molecule has 134 valence electrons. The van der Waals surface area contributed by atoms with E-state index >= 15 is 0 Å². The fourth-order valence-electron chi connectivity index (χ4n) is 1.75. The van der Waals surface area contributed by atoms with Crippen LogP contribution in [-0.2, 0) is 14.8 Å². The van der Waals surface area contributed by atoms with E-state index in [4.69, 9.17) is 16.3 Å². The van der Waals surface area contributed by atoms with Gasteiger partial charge in [0.25, 0.3) is 15.9 Å². The summed E-state index contributed by atoms with van der Waals surface area (Å²) in [5.74, 6) is -0.477. The monoisotopic (exact) mass is 386 g/mol. The van der Waals surface area contributed by atoms with Crippen LogP contribution in [0.15, 0.2) is 47.4 Å². The first kappa shape index (κ1) is 19.0. The van der Waals surface area contributed by atoms with Gasteiger partial charge in [0.2, 0.25) is 0 Å². The third-order valence-electron chi connectivity index (χ3n) is 3.17. The number of carbonyl (C=O) groups is 1. The Hall–Kier alpha value is -2.32. The summed E-state index contributed by atoms with van der Waals surface area (Å²) in [6.07, 6.45) is 0. The molecule has 0 fully saturated rings. The first-order chi connectivity index (χ1) is 11.7. The lowest BCUT2D eigenvalue weighted by Crippen LogP contribution is -2.27. The largest absolute Gasteiger partial charge is 0.484 e. The van der Waals surface area contributed by atoms with Crippen LogP contribution in [0.4, 0.5) is 10.1 Å². The average molecular weight is 387 g/mol.